The van der Waals surface area contributed by atoms with Gasteiger partial charge in [-0.1, -0.05) is 23.7 Å². The van der Waals surface area contributed by atoms with Crippen LogP contribution in [0.5, 0.6) is 0 Å². The summed E-state index contributed by atoms with van der Waals surface area (Å²) in [6.07, 6.45) is 0. The van der Waals surface area contributed by atoms with E-state index in [1.54, 1.807) is 11.4 Å². The molecule has 0 saturated carbocycles. The lowest BCUT2D eigenvalue weighted by Gasteiger charge is -2.03. The fraction of sp³-hybridized carbons (Fsp3) is 0.154. The van der Waals surface area contributed by atoms with Crippen molar-refractivity contribution in [3.8, 4) is 0 Å². The van der Waals surface area contributed by atoms with Gasteiger partial charge in [0.2, 0.25) is 0 Å². The number of benzene rings is 1. The fourth-order valence-electron chi connectivity index (χ4n) is 1.56. The van der Waals surface area contributed by atoms with Gasteiger partial charge in [-0.25, -0.2) is 4.79 Å². The predicted octanol–water partition coefficient (Wildman–Crippen LogP) is 3.39. The normalized spacial score (nSPS) is 10.5. The van der Waals surface area contributed by atoms with Crippen LogP contribution in [0.2, 0.25) is 5.02 Å². The monoisotopic (exact) mass is 281 g/mol. The highest BCUT2D eigenvalue weighted by Crippen LogP contribution is 2.15. The molecule has 2 N–H and O–H groups in total. The van der Waals surface area contributed by atoms with E-state index in [4.69, 9.17) is 16.7 Å². The van der Waals surface area contributed by atoms with Crippen LogP contribution in [0.1, 0.15) is 20.8 Å². The molecule has 1 aromatic carbocycles. The third-order valence-electron chi connectivity index (χ3n) is 2.42. The Labute approximate surface area is 114 Å². The third-order valence-corrected chi connectivity index (χ3v) is 3.59. The summed E-state index contributed by atoms with van der Waals surface area (Å²) in [5.41, 5.74) is 1.46. The van der Waals surface area contributed by atoms with Gasteiger partial charge >= 0.3 is 5.97 Å². The van der Waals surface area contributed by atoms with Crippen molar-refractivity contribution in [2.45, 2.75) is 13.1 Å². The molecular formula is C13H12ClNO2S. The summed E-state index contributed by atoms with van der Waals surface area (Å²) in [5.74, 6) is -0.882. The lowest BCUT2D eigenvalue weighted by Crippen LogP contribution is -2.11. The van der Waals surface area contributed by atoms with Crippen molar-refractivity contribution in [1.29, 1.82) is 0 Å². The molecule has 3 nitrogen and oxygen atoms in total. The molecule has 5 heteroatoms. The van der Waals surface area contributed by atoms with Crippen LogP contribution in [-0.2, 0) is 13.1 Å². The lowest BCUT2D eigenvalue weighted by molar-refractivity contribution is 0.0697. The molecule has 0 aliphatic carbocycles. The van der Waals surface area contributed by atoms with Crippen LogP contribution in [0.25, 0.3) is 0 Å². The molecule has 0 radical (unpaired) electrons. The number of halogens is 1. The maximum atomic E-state index is 10.7. The molecule has 0 aliphatic heterocycles. The number of carbonyl (C=O) groups is 1. The molecule has 18 heavy (non-hydrogen) atoms. The molecule has 94 valence electrons. The van der Waals surface area contributed by atoms with Gasteiger partial charge in [0.25, 0.3) is 0 Å². The molecule has 0 saturated heterocycles. The van der Waals surface area contributed by atoms with Crippen molar-refractivity contribution in [2.24, 2.45) is 0 Å². The standard InChI is InChI=1S/C13H12ClNO2S/c14-11-3-1-2-9(4-11)6-15-7-12-5-10(8-18-12)13(16)17/h1-5,8,15H,6-7H2,(H,16,17). The second kappa shape index (κ2) is 6.00. The summed E-state index contributed by atoms with van der Waals surface area (Å²) >= 11 is 7.33. The maximum Gasteiger partial charge on any atom is 0.336 e. The zero-order valence-electron chi connectivity index (χ0n) is 9.52. The quantitative estimate of drug-likeness (QED) is 0.883. The molecule has 0 atom stereocenters. The zero-order valence-corrected chi connectivity index (χ0v) is 11.1. The Morgan fingerprint density at radius 1 is 1.33 bits per heavy atom. The van der Waals surface area contributed by atoms with Crippen molar-refractivity contribution in [3.05, 3.63) is 56.7 Å². The molecule has 2 aromatic rings. The van der Waals surface area contributed by atoms with E-state index in [9.17, 15) is 4.79 Å². The highest BCUT2D eigenvalue weighted by atomic mass is 35.5. The molecule has 1 aromatic heterocycles. The Morgan fingerprint density at radius 2 is 2.17 bits per heavy atom. The summed E-state index contributed by atoms with van der Waals surface area (Å²) in [6.45, 7) is 1.37. The summed E-state index contributed by atoms with van der Waals surface area (Å²) in [7, 11) is 0. The van der Waals surface area contributed by atoms with E-state index in [0.29, 0.717) is 18.7 Å². The first kappa shape index (κ1) is 13.1. The summed E-state index contributed by atoms with van der Waals surface area (Å²) < 4.78 is 0. The van der Waals surface area contributed by atoms with E-state index >= 15 is 0 Å². The number of rotatable bonds is 5. The van der Waals surface area contributed by atoms with Crippen molar-refractivity contribution < 1.29 is 9.90 Å². The van der Waals surface area contributed by atoms with Gasteiger partial charge < -0.3 is 10.4 Å². The predicted molar refractivity (Wildman–Crippen MR) is 73.3 cm³/mol. The summed E-state index contributed by atoms with van der Waals surface area (Å²) in [6, 6.07) is 9.34. The van der Waals surface area contributed by atoms with Gasteiger partial charge in [0, 0.05) is 28.4 Å². The highest BCUT2D eigenvalue weighted by molar-refractivity contribution is 7.10. The van der Waals surface area contributed by atoms with Crippen molar-refractivity contribution >= 4 is 28.9 Å². The van der Waals surface area contributed by atoms with Crippen LogP contribution in [0.15, 0.2) is 35.7 Å². The molecule has 0 unspecified atom stereocenters. The van der Waals surface area contributed by atoms with E-state index in [1.165, 1.54) is 11.3 Å². The van der Waals surface area contributed by atoms with E-state index in [-0.39, 0.29) is 0 Å². The molecule has 1 heterocycles. The molecule has 0 amide bonds. The number of hydrogen-bond donors (Lipinski definition) is 2. The topological polar surface area (TPSA) is 49.3 Å². The Morgan fingerprint density at radius 3 is 2.83 bits per heavy atom. The fourth-order valence-corrected chi connectivity index (χ4v) is 2.60. The van der Waals surface area contributed by atoms with Crippen LogP contribution in [0.4, 0.5) is 0 Å². The molecule has 0 bridgehead atoms. The molecule has 2 rings (SSSR count). The largest absolute Gasteiger partial charge is 0.478 e. The zero-order chi connectivity index (χ0) is 13.0. The lowest BCUT2D eigenvalue weighted by atomic mass is 10.2. The number of hydrogen-bond acceptors (Lipinski definition) is 3. The highest BCUT2D eigenvalue weighted by Gasteiger charge is 2.05. The molecular weight excluding hydrogens is 270 g/mol. The number of carboxylic acid groups (broad SMARTS) is 1. The number of thiophene rings is 1. The Kier molecular flexibility index (Phi) is 4.36. The first-order valence-electron chi connectivity index (χ1n) is 5.41. The van der Waals surface area contributed by atoms with Gasteiger partial charge in [0.15, 0.2) is 0 Å². The second-order valence-corrected chi connectivity index (χ2v) is 5.27. The molecule has 0 fully saturated rings. The van der Waals surface area contributed by atoms with Crippen LogP contribution < -0.4 is 5.32 Å². The SMILES string of the molecule is O=C(O)c1csc(CNCc2cccc(Cl)c2)c1. The first-order valence-corrected chi connectivity index (χ1v) is 6.67. The average molecular weight is 282 g/mol. The Hall–Kier alpha value is -1.36. The van der Waals surface area contributed by atoms with E-state index in [0.717, 1.165) is 15.5 Å². The third kappa shape index (κ3) is 3.57. The first-order chi connectivity index (χ1) is 8.65. The summed E-state index contributed by atoms with van der Waals surface area (Å²) in [5, 5.41) is 14.4. The van der Waals surface area contributed by atoms with Crippen LogP contribution in [-0.4, -0.2) is 11.1 Å². The van der Waals surface area contributed by atoms with Crippen LogP contribution >= 0.6 is 22.9 Å². The minimum Gasteiger partial charge on any atom is -0.478 e. The number of aromatic carboxylic acids is 1. The molecule has 0 aliphatic rings. The Bertz CT molecular complexity index is 553. The average Bonchev–Trinajstić information content (AvgIpc) is 2.78. The van der Waals surface area contributed by atoms with Gasteiger partial charge in [-0.05, 0) is 23.8 Å². The van der Waals surface area contributed by atoms with E-state index < -0.39 is 5.97 Å². The van der Waals surface area contributed by atoms with E-state index in [1.807, 2.05) is 24.3 Å². The maximum absolute atomic E-state index is 10.7. The smallest absolute Gasteiger partial charge is 0.336 e. The number of nitrogens with one attached hydrogen (secondary N) is 1. The minimum atomic E-state index is -0.882. The van der Waals surface area contributed by atoms with Crippen molar-refractivity contribution in [1.82, 2.24) is 5.32 Å². The molecule has 0 spiro atoms. The number of carboxylic acids is 1. The van der Waals surface area contributed by atoms with Crippen LogP contribution in [0.3, 0.4) is 0 Å². The Balaban J connectivity index is 1.86. The van der Waals surface area contributed by atoms with Crippen molar-refractivity contribution in [3.63, 3.8) is 0 Å². The van der Waals surface area contributed by atoms with E-state index in [2.05, 4.69) is 5.32 Å². The van der Waals surface area contributed by atoms with Gasteiger partial charge in [-0.3, -0.25) is 0 Å². The van der Waals surface area contributed by atoms with Crippen molar-refractivity contribution in [2.75, 3.05) is 0 Å². The summed E-state index contributed by atoms with van der Waals surface area (Å²) in [4.78, 5) is 11.7. The van der Waals surface area contributed by atoms with Crippen LogP contribution in [0, 0.1) is 0 Å². The van der Waals surface area contributed by atoms with Gasteiger partial charge in [0.1, 0.15) is 0 Å². The minimum absolute atomic E-state index is 0.347. The van der Waals surface area contributed by atoms with Gasteiger partial charge in [-0.2, -0.15) is 0 Å². The van der Waals surface area contributed by atoms with Gasteiger partial charge in [-0.15, -0.1) is 11.3 Å². The second-order valence-electron chi connectivity index (χ2n) is 3.84. The van der Waals surface area contributed by atoms with Gasteiger partial charge in [0.05, 0.1) is 5.56 Å².